The number of halogens is 1. The van der Waals surface area contributed by atoms with Gasteiger partial charge in [0.15, 0.2) is 0 Å². The van der Waals surface area contributed by atoms with Crippen LogP contribution in [0.2, 0.25) is 0 Å². The highest BCUT2D eigenvalue weighted by atomic mass is 35.5. The van der Waals surface area contributed by atoms with Crippen LogP contribution < -0.4 is 15.8 Å². The number of benzene rings is 1. The second-order valence-electron chi connectivity index (χ2n) is 6.56. The number of aryl methyl sites for hydroxylation is 1. The molecule has 0 fully saturated rings. The van der Waals surface area contributed by atoms with E-state index in [2.05, 4.69) is 10.3 Å². The number of nitrogens with zero attached hydrogens (tertiary/aromatic N) is 1. The van der Waals surface area contributed by atoms with Crippen molar-refractivity contribution < 1.29 is 9.53 Å². The molecule has 0 radical (unpaired) electrons. The zero-order chi connectivity index (χ0) is 18.6. The van der Waals surface area contributed by atoms with Crippen LogP contribution in [0, 0.1) is 6.92 Å². The van der Waals surface area contributed by atoms with Gasteiger partial charge in [0.25, 0.3) is 0 Å². The van der Waals surface area contributed by atoms with Gasteiger partial charge in [-0.2, -0.15) is 0 Å². The first-order valence-electron chi connectivity index (χ1n) is 8.50. The highest BCUT2D eigenvalue weighted by molar-refractivity contribution is 7.15. The minimum atomic E-state index is -0.847. The van der Waals surface area contributed by atoms with Gasteiger partial charge in [0, 0.05) is 5.56 Å². The fraction of sp³-hybridized carbons (Fsp3) is 0.474. The number of thiazole rings is 1. The molecule has 0 spiro atoms. The average Bonchev–Trinajstić information content (AvgIpc) is 2.96. The lowest BCUT2D eigenvalue weighted by Crippen LogP contribution is -2.51. The van der Waals surface area contributed by atoms with Crippen LogP contribution in [-0.4, -0.2) is 23.5 Å². The summed E-state index contributed by atoms with van der Waals surface area (Å²) in [7, 11) is 1.65. The van der Waals surface area contributed by atoms with Crippen LogP contribution in [0.4, 0.5) is 0 Å². The van der Waals surface area contributed by atoms with Crippen molar-refractivity contribution in [3.8, 4) is 16.3 Å². The first kappa shape index (κ1) is 22.4. The number of carbonyl (C=O) groups excluding carboxylic acids is 1. The molecule has 0 saturated heterocycles. The van der Waals surface area contributed by atoms with Crippen molar-refractivity contribution >= 4 is 29.7 Å². The van der Waals surface area contributed by atoms with Crippen molar-refractivity contribution in [1.29, 1.82) is 0 Å². The van der Waals surface area contributed by atoms with Gasteiger partial charge in [0.1, 0.15) is 10.8 Å². The Labute approximate surface area is 165 Å². The number of aromatic nitrogens is 1. The molecule has 0 bridgehead atoms. The Kier molecular flexibility index (Phi) is 8.06. The SMILES string of the molecule is CCCC(C)(N)C(=O)NC(C)c1sc(-c2ccc(OC)cc2)nc1C.Cl. The minimum absolute atomic E-state index is 0. The summed E-state index contributed by atoms with van der Waals surface area (Å²) >= 11 is 1.59. The lowest BCUT2D eigenvalue weighted by Gasteiger charge is -2.25. The molecule has 0 aliphatic rings. The second-order valence-corrected chi connectivity index (χ2v) is 7.59. The Hall–Kier alpha value is -1.63. The Balaban J connectivity index is 0.00000338. The second kappa shape index (κ2) is 9.35. The van der Waals surface area contributed by atoms with Gasteiger partial charge in [-0.15, -0.1) is 23.7 Å². The van der Waals surface area contributed by atoms with Crippen LogP contribution in [0.25, 0.3) is 10.6 Å². The van der Waals surface area contributed by atoms with E-state index in [0.29, 0.717) is 6.42 Å². The minimum Gasteiger partial charge on any atom is -0.497 e. The van der Waals surface area contributed by atoms with E-state index >= 15 is 0 Å². The van der Waals surface area contributed by atoms with Gasteiger partial charge in [0.05, 0.1) is 29.3 Å². The van der Waals surface area contributed by atoms with Crippen molar-refractivity contribution in [3.63, 3.8) is 0 Å². The van der Waals surface area contributed by atoms with E-state index in [4.69, 9.17) is 10.5 Å². The van der Waals surface area contributed by atoms with Gasteiger partial charge in [-0.1, -0.05) is 13.3 Å². The number of carbonyl (C=O) groups is 1. The lowest BCUT2D eigenvalue weighted by atomic mass is 9.96. The molecule has 2 rings (SSSR count). The molecule has 0 aliphatic heterocycles. The Morgan fingerprint density at radius 3 is 2.54 bits per heavy atom. The van der Waals surface area contributed by atoms with Crippen LogP contribution in [0.3, 0.4) is 0 Å². The van der Waals surface area contributed by atoms with E-state index in [0.717, 1.165) is 33.3 Å². The maximum Gasteiger partial charge on any atom is 0.240 e. The molecule has 1 heterocycles. The summed E-state index contributed by atoms with van der Waals surface area (Å²) in [5, 5.41) is 3.96. The summed E-state index contributed by atoms with van der Waals surface area (Å²) in [6.45, 7) is 7.74. The monoisotopic (exact) mass is 397 g/mol. The molecule has 144 valence electrons. The fourth-order valence-corrected chi connectivity index (χ4v) is 3.80. The zero-order valence-electron chi connectivity index (χ0n) is 16.0. The highest BCUT2D eigenvalue weighted by Crippen LogP contribution is 2.32. The molecule has 7 heteroatoms. The van der Waals surface area contributed by atoms with E-state index < -0.39 is 5.54 Å². The predicted molar refractivity (Wildman–Crippen MR) is 110 cm³/mol. The number of methoxy groups -OCH3 is 1. The Morgan fingerprint density at radius 2 is 2.00 bits per heavy atom. The maximum atomic E-state index is 12.4. The van der Waals surface area contributed by atoms with Crippen LogP contribution in [0.15, 0.2) is 24.3 Å². The van der Waals surface area contributed by atoms with Crippen molar-refractivity contribution in [2.45, 2.75) is 52.1 Å². The van der Waals surface area contributed by atoms with E-state index in [1.54, 1.807) is 25.4 Å². The van der Waals surface area contributed by atoms with Gasteiger partial charge >= 0.3 is 0 Å². The summed E-state index contributed by atoms with van der Waals surface area (Å²) < 4.78 is 5.19. The smallest absolute Gasteiger partial charge is 0.240 e. The van der Waals surface area contributed by atoms with Gasteiger partial charge < -0.3 is 15.8 Å². The van der Waals surface area contributed by atoms with E-state index in [1.165, 1.54) is 0 Å². The number of nitrogens with one attached hydrogen (secondary N) is 1. The summed E-state index contributed by atoms with van der Waals surface area (Å²) in [6.07, 6.45) is 1.53. The van der Waals surface area contributed by atoms with Crippen LogP contribution in [-0.2, 0) is 4.79 Å². The molecule has 1 amide bonds. The number of hydrogen-bond donors (Lipinski definition) is 2. The molecule has 26 heavy (non-hydrogen) atoms. The van der Waals surface area contributed by atoms with Gasteiger partial charge in [-0.25, -0.2) is 4.98 Å². The number of nitrogens with two attached hydrogens (primary N) is 1. The average molecular weight is 398 g/mol. The number of amides is 1. The zero-order valence-corrected chi connectivity index (χ0v) is 17.6. The van der Waals surface area contributed by atoms with E-state index in [-0.39, 0.29) is 24.4 Å². The van der Waals surface area contributed by atoms with Crippen LogP contribution in [0.5, 0.6) is 5.75 Å². The van der Waals surface area contributed by atoms with Gasteiger partial charge in [-0.05, 0) is 51.5 Å². The van der Waals surface area contributed by atoms with Gasteiger partial charge in [0.2, 0.25) is 5.91 Å². The molecule has 0 aliphatic carbocycles. The van der Waals surface area contributed by atoms with Crippen molar-refractivity contribution in [2.24, 2.45) is 5.73 Å². The first-order chi connectivity index (χ1) is 11.8. The van der Waals surface area contributed by atoms with Crippen molar-refractivity contribution in [3.05, 3.63) is 34.8 Å². The third-order valence-corrected chi connectivity index (χ3v) is 5.59. The molecule has 2 atom stereocenters. The quantitative estimate of drug-likeness (QED) is 0.732. The summed E-state index contributed by atoms with van der Waals surface area (Å²) in [5.41, 5.74) is 7.24. The molecule has 0 saturated carbocycles. The summed E-state index contributed by atoms with van der Waals surface area (Å²) in [6, 6.07) is 7.69. The third-order valence-electron chi connectivity index (χ3n) is 4.20. The topological polar surface area (TPSA) is 77.2 Å². The van der Waals surface area contributed by atoms with Crippen LogP contribution in [0.1, 0.15) is 50.2 Å². The largest absolute Gasteiger partial charge is 0.497 e. The molecular formula is C19H28ClN3O2S. The molecule has 2 unspecified atom stereocenters. The molecule has 1 aromatic heterocycles. The highest BCUT2D eigenvalue weighted by Gasteiger charge is 2.29. The molecular weight excluding hydrogens is 370 g/mol. The molecule has 2 aromatic rings. The number of ether oxygens (including phenoxy) is 1. The van der Waals surface area contributed by atoms with E-state index in [1.807, 2.05) is 45.0 Å². The predicted octanol–water partition coefficient (Wildman–Crippen LogP) is 4.24. The van der Waals surface area contributed by atoms with Crippen molar-refractivity contribution in [1.82, 2.24) is 10.3 Å². The fourth-order valence-electron chi connectivity index (χ4n) is 2.73. The molecule has 3 N–H and O–H groups in total. The van der Waals surface area contributed by atoms with Crippen LogP contribution >= 0.6 is 23.7 Å². The number of rotatable bonds is 7. The third kappa shape index (κ3) is 5.19. The first-order valence-corrected chi connectivity index (χ1v) is 9.31. The molecule has 5 nitrogen and oxygen atoms in total. The maximum absolute atomic E-state index is 12.4. The Bertz CT molecular complexity index is 729. The Morgan fingerprint density at radius 1 is 1.38 bits per heavy atom. The normalized spacial score (nSPS) is 14.1. The standard InChI is InChI=1S/C19H27N3O2S.ClH/c1-6-11-19(4,20)18(23)22-13(3)16-12(2)21-17(25-16)14-7-9-15(24-5)10-8-14;/h7-10,13H,6,11,20H2,1-5H3,(H,22,23);1H. The lowest BCUT2D eigenvalue weighted by molar-refractivity contribution is -0.126. The summed E-state index contributed by atoms with van der Waals surface area (Å²) in [4.78, 5) is 18.1. The summed E-state index contributed by atoms with van der Waals surface area (Å²) in [5.74, 6) is 0.691. The van der Waals surface area contributed by atoms with Crippen molar-refractivity contribution in [2.75, 3.05) is 7.11 Å². The van der Waals surface area contributed by atoms with E-state index in [9.17, 15) is 4.79 Å². The number of hydrogen-bond acceptors (Lipinski definition) is 5. The van der Waals surface area contributed by atoms with Gasteiger partial charge in [-0.3, -0.25) is 4.79 Å². The molecule has 1 aromatic carbocycles.